The topological polar surface area (TPSA) is 38.6 Å². The van der Waals surface area contributed by atoms with Crippen molar-refractivity contribution in [3.05, 3.63) is 467 Å². The molecule has 4 nitrogen and oxygen atoms in total. The Balaban J connectivity index is 0.000000107. The van der Waals surface area contributed by atoms with E-state index in [2.05, 4.69) is 469 Å². The Morgan fingerprint density at radius 3 is 0.844 bits per heavy atom. The van der Waals surface area contributed by atoms with Gasteiger partial charge in [0.2, 0.25) is 0 Å². The van der Waals surface area contributed by atoms with E-state index in [1.54, 1.807) is 11.3 Å². The molecule has 0 aliphatic rings. The zero-order valence-corrected chi connectivity index (χ0v) is 71.8. The molecule has 0 N–H and O–H groups in total. The van der Waals surface area contributed by atoms with E-state index in [1.807, 2.05) is 34.8 Å². The van der Waals surface area contributed by atoms with Gasteiger partial charge in [0.15, 0.2) is 0 Å². The molecule has 0 radical (unpaired) electrons. The number of nitriles is 1. The average molecular weight is 1680 g/mol. The van der Waals surface area contributed by atoms with Crippen molar-refractivity contribution >= 4 is 160 Å². The molecule has 0 aliphatic carbocycles. The molecule has 26 rings (SSSR count). The van der Waals surface area contributed by atoms with Crippen molar-refractivity contribution in [3.8, 4) is 112 Å². The summed E-state index contributed by atoms with van der Waals surface area (Å²) in [5.41, 5.74) is 31.1. The summed E-state index contributed by atoms with van der Waals surface area (Å²) in [5.74, 6) is 0. The molecule has 0 fully saturated rings. The number of thiophene rings is 3. The largest absolute Gasteiger partial charge is 0.309 e. The van der Waals surface area contributed by atoms with E-state index >= 15 is 0 Å². The SMILES string of the molecule is N#Cc1ccc2sc3ccc(-c4ccc5c(c4)c4ccccc4n5-c4ccc(-c5ccccc5)cc4)cc3c2c1.c1ccc(-c2ccc(-n3c4ccc(-c5ccccc5)cc4c4cc(-c5ccc6sc7ccccc7c6c5)ccc43)cc2)cc1.c1ccc(-c2ccc(-n3c4ccccc4c4cc(-c5ccc(-c6cccc7c6sc6ccccc67)cc5)ccc43)cc2)cc1. The molecule has 6 heterocycles. The van der Waals surface area contributed by atoms with Gasteiger partial charge >= 0.3 is 0 Å². The molecular weight excluding hydrogens is 1610 g/mol. The van der Waals surface area contributed by atoms with Crippen molar-refractivity contribution in [1.82, 2.24) is 13.7 Å². The van der Waals surface area contributed by atoms with Gasteiger partial charge in [-0.15, -0.1) is 34.0 Å². The molecule has 6 aromatic heterocycles. The highest BCUT2D eigenvalue weighted by Gasteiger charge is 2.21. The lowest BCUT2D eigenvalue weighted by molar-refractivity contribution is 1.18. The van der Waals surface area contributed by atoms with Gasteiger partial charge < -0.3 is 13.7 Å². The van der Waals surface area contributed by atoms with Crippen LogP contribution in [-0.2, 0) is 0 Å². The highest BCUT2D eigenvalue weighted by Crippen LogP contribution is 2.46. The second-order valence-corrected chi connectivity index (χ2v) is 36.1. The normalized spacial score (nSPS) is 11.6. The summed E-state index contributed by atoms with van der Waals surface area (Å²) in [5, 5.41) is 24.7. The van der Waals surface area contributed by atoms with E-state index in [-0.39, 0.29) is 0 Å². The smallest absolute Gasteiger partial charge is 0.0991 e. The summed E-state index contributed by atoms with van der Waals surface area (Å²) in [6.45, 7) is 0. The van der Waals surface area contributed by atoms with Crippen LogP contribution in [0.4, 0.5) is 0 Å². The lowest BCUT2D eigenvalue weighted by Gasteiger charge is -2.10. The zero-order valence-electron chi connectivity index (χ0n) is 69.4. The molecule has 7 heteroatoms. The summed E-state index contributed by atoms with van der Waals surface area (Å²) < 4.78 is 15.0. The fourth-order valence-electron chi connectivity index (χ4n) is 19.2. The first-order valence-electron chi connectivity index (χ1n) is 43.4. The van der Waals surface area contributed by atoms with Crippen LogP contribution in [0.1, 0.15) is 5.56 Å². The standard InChI is InChI=1S/2C42H27NS.C37H22N2S/c1-3-9-28(10-4-1)30-15-20-34(21-16-30)43-39-22-17-31(29-11-5-2-6-12-29)25-36(39)37-26-32(18-23-40(37)43)33-19-24-42-38(27-33)35-13-7-8-14-41(35)44-42;1-2-9-28(10-3-1)29-21-24-33(25-22-29)43-39-15-6-4-11-35(39)38-27-32(23-26-40(38)43)30-17-19-31(20-18-30)34-13-8-14-37-36-12-5-7-16-41(36)44-42(34)37;38-23-24-10-18-36-32(20-24)33-22-28(14-19-37(33)40-36)27-13-17-35-31(21-27)30-8-4-5-9-34(30)39(35)29-15-11-26(12-16-29)25-6-2-1-3-7-25/h2*1-27H;1-22H. The van der Waals surface area contributed by atoms with Crippen LogP contribution in [0.2, 0.25) is 0 Å². The maximum absolute atomic E-state index is 9.43. The number of rotatable bonds is 11. The number of fused-ring (bicyclic) bond motifs is 18. The van der Waals surface area contributed by atoms with Gasteiger partial charge in [-0.2, -0.15) is 5.26 Å². The van der Waals surface area contributed by atoms with Gasteiger partial charge in [0.25, 0.3) is 0 Å². The van der Waals surface area contributed by atoms with E-state index in [0.717, 1.165) is 16.8 Å². The molecule has 128 heavy (non-hydrogen) atoms. The number of aromatic nitrogens is 3. The van der Waals surface area contributed by atoms with Gasteiger partial charge in [0.05, 0.1) is 44.7 Å². The minimum Gasteiger partial charge on any atom is -0.309 e. The quantitative estimate of drug-likeness (QED) is 0.127. The lowest BCUT2D eigenvalue weighted by Crippen LogP contribution is -1.94. The van der Waals surface area contributed by atoms with Gasteiger partial charge in [0, 0.05) is 110 Å². The van der Waals surface area contributed by atoms with Crippen LogP contribution in [-0.4, -0.2) is 13.7 Å². The molecular formula is C121H76N4S3. The van der Waals surface area contributed by atoms with Gasteiger partial charge in [-0.25, -0.2) is 0 Å². The van der Waals surface area contributed by atoms with E-state index in [1.165, 1.54) is 215 Å². The fraction of sp³-hybridized carbons (Fsp3) is 0. The maximum Gasteiger partial charge on any atom is 0.0991 e. The molecule has 0 unspecified atom stereocenters. The van der Waals surface area contributed by atoms with Crippen LogP contribution in [0, 0.1) is 11.3 Å². The predicted molar refractivity (Wildman–Crippen MR) is 549 cm³/mol. The highest BCUT2D eigenvalue weighted by molar-refractivity contribution is 7.27. The van der Waals surface area contributed by atoms with Crippen molar-refractivity contribution in [2.75, 3.05) is 0 Å². The van der Waals surface area contributed by atoms with Crippen molar-refractivity contribution in [1.29, 1.82) is 5.26 Å². The lowest BCUT2D eigenvalue weighted by atomic mass is 9.98. The molecule has 0 atom stereocenters. The monoisotopic (exact) mass is 1680 g/mol. The van der Waals surface area contributed by atoms with Crippen molar-refractivity contribution in [2.45, 2.75) is 0 Å². The molecule has 20 aromatic carbocycles. The van der Waals surface area contributed by atoms with Gasteiger partial charge in [-0.05, 0) is 241 Å². The minimum absolute atomic E-state index is 0.698. The van der Waals surface area contributed by atoms with Crippen LogP contribution in [0.15, 0.2) is 461 Å². The number of hydrogen-bond acceptors (Lipinski definition) is 4. The average Bonchev–Trinajstić information content (AvgIpc) is 1.61. The summed E-state index contributed by atoms with van der Waals surface area (Å²) >= 11 is 5.53. The van der Waals surface area contributed by atoms with Gasteiger partial charge in [-0.1, -0.05) is 309 Å². The van der Waals surface area contributed by atoms with Crippen molar-refractivity contribution < 1.29 is 0 Å². The summed E-state index contributed by atoms with van der Waals surface area (Å²) in [4.78, 5) is 0. The Kier molecular flexibility index (Phi) is 18.9. The van der Waals surface area contributed by atoms with E-state index in [0.29, 0.717) is 5.56 Å². The van der Waals surface area contributed by atoms with Gasteiger partial charge in [-0.3, -0.25) is 0 Å². The highest BCUT2D eigenvalue weighted by atomic mass is 32.1. The van der Waals surface area contributed by atoms with E-state index in [4.69, 9.17) is 0 Å². The Labute approximate surface area is 751 Å². The van der Waals surface area contributed by atoms with E-state index in [9.17, 15) is 5.26 Å². The van der Waals surface area contributed by atoms with Crippen LogP contribution in [0.3, 0.4) is 0 Å². The van der Waals surface area contributed by atoms with Crippen molar-refractivity contribution in [2.24, 2.45) is 0 Å². The van der Waals surface area contributed by atoms with Gasteiger partial charge in [0.1, 0.15) is 0 Å². The minimum atomic E-state index is 0.698. The second kappa shape index (κ2) is 31.9. The van der Waals surface area contributed by atoms with Crippen LogP contribution in [0.5, 0.6) is 0 Å². The van der Waals surface area contributed by atoms with Crippen LogP contribution in [0.25, 0.3) is 232 Å². The molecule has 0 spiro atoms. The fourth-order valence-corrected chi connectivity index (χ4v) is 22.6. The molecule has 0 saturated carbocycles. The zero-order chi connectivity index (χ0) is 84.7. The molecule has 598 valence electrons. The summed E-state index contributed by atoms with van der Waals surface area (Å²) in [6.07, 6.45) is 0. The van der Waals surface area contributed by atoms with E-state index < -0.39 is 0 Å². The number of nitrogens with zero attached hydrogens (tertiary/aromatic N) is 4. The first kappa shape index (κ1) is 75.7. The maximum atomic E-state index is 9.43. The predicted octanol–water partition coefficient (Wildman–Crippen LogP) is 34.7. The Morgan fingerprint density at radius 1 is 0.164 bits per heavy atom. The second-order valence-electron chi connectivity index (χ2n) is 32.9. The first-order valence-corrected chi connectivity index (χ1v) is 45.8. The van der Waals surface area contributed by atoms with Crippen LogP contribution < -0.4 is 0 Å². The summed E-state index contributed by atoms with van der Waals surface area (Å²) in [6, 6.07) is 169. The third-order valence-electron chi connectivity index (χ3n) is 25.5. The molecule has 26 aromatic rings. The molecule has 0 saturated heterocycles. The molecule has 0 bridgehead atoms. The molecule has 0 aliphatic heterocycles. The number of para-hydroxylation sites is 2. The van der Waals surface area contributed by atoms with Crippen molar-refractivity contribution in [3.63, 3.8) is 0 Å². The number of benzene rings is 20. The number of hydrogen-bond donors (Lipinski definition) is 0. The van der Waals surface area contributed by atoms with Crippen LogP contribution >= 0.6 is 34.0 Å². The third-order valence-corrected chi connectivity index (χ3v) is 29.0. The summed E-state index contributed by atoms with van der Waals surface area (Å²) in [7, 11) is 0. The Bertz CT molecular complexity index is 8830. The first-order chi connectivity index (χ1) is 63.4. The third kappa shape index (κ3) is 13.5. The Morgan fingerprint density at radius 2 is 0.422 bits per heavy atom. The Hall–Kier alpha value is -16.1. The molecule has 0 amide bonds.